The van der Waals surface area contributed by atoms with Gasteiger partial charge in [0.25, 0.3) is 0 Å². The van der Waals surface area contributed by atoms with Gasteiger partial charge in [0.05, 0.1) is 5.69 Å². The Morgan fingerprint density at radius 3 is 2.29 bits per heavy atom. The van der Waals surface area contributed by atoms with Crippen molar-refractivity contribution in [1.82, 2.24) is 0 Å². The van der Waals surface area contributed by atoms with E-state index < -0.39 is 0 Å². The van der Waals surface area contributed by atoms with Crippen LogP contribution in [0.5, 0.6) is 5.75 Å². The van der Waals surface area contributed by atoms with Crippen LogP contribution in [0.3, 0.4) is 0 Å². The van der Waals surface area contributed by atoms with E-state index in [0.29, 0.717) is 5.75 Å². The van der Waals surface area contributed by atoms with Gasteiger partial charge in [0.1, 0.15) is 5.75 Å². The SMILES string of the molecule is Cc1ccc(CNc2cc(C)ccc2O)cc1. The first-order valence-electron chi connectivity index (χ1n) is 5.74. The lowest BCUT2D eigenvalue weighted by Gasteiger charge is -2.09. The molecule has 2 aromatic carbocycles. The number of aryl methyl sites for hydroxylation is 2. The van der Waals surface area contributed by atoms with Gasteiger partial charge in [-0.1, -0.05) is 35.9 Å². The second-order valence-electron chi connectivity index (χ2n) is 4.36. The van der Waals surface area contributed by atoms with Gasteiger partial charge in [-0.05, 0) is 37.1 Å². The van der Waals surface area contributed by atoms with E-state index in [2.05, 4.69) is 36.5 Å². The molecule has 0 atom stereocenters. The Morgan fingerprint density at radius 1 is 0.941 bits per heavy atom. The molecule has 0 heterocycles. The van der Waals surface area contributed by atoms with Crippen LogP contribution >= 0.6 is 0 Å². The fourth-order valence-electron chi connectivity index (χ4n) is 1.69. The highest BCUT2D eigenvalue weighted by Crippen LogP contribution is 2.24. The van der Waals surface area contributed by atoms with Gasteiger partial charge in [-0.2, -0.15) is 0 Å². The van der Waals surface area contributed by atoms with E-state index >= 15 is 0 Å². The zero-order valence-corrected chi connectivity index (χ0v) is 10.2. The molecule has 0 spiro atoms. The maximum Gasteiger partial charge on any atom is 0.138 e. The van der Waals surface area contributed by atoms with Crippen molar-refractivity contribution in [2.45, 2.75) is 20.4 Å². The lowest BCUT2D eigenvalue weighted by molar-refractivity contribution is 0.477. The van der Waals surface area contributed by atoms with Gasteiger partial charge in [-0.25, -0.2) is 0 Å². The molecule has 0 fully saturated rings. The summed E-state index contributed by atoms with van der Waals surface area (Å²) in [4.78, 5) is 0. The molecule has 0 aromatic heterocycles. The van der Waals surface area contributed by atoms with E-state index in [-0.39, 0.29) is 0 Å². The molecule has 2 heteroatoms. The molecule has 2 rings (SSSR count). The van der Waals surface area contributed by atoms with Crippen LogP contribution in [0.1, 0.15) is 16.7 Å². The quantitative estimate of drug-likeness (QED) is 0.785. The van der Waals surface area contributed by atoms with E-state index in [4.69, 9.17) is 0 Å². The van der Waals surface area contributed by atoms with Crippen LogP contribution in [0.4, 0.5) is 5.69 Å². The number of hydrogen-bond acceptors (Lipinski definition) is 2. The zero-order valence-electron chi connectivity index (χ0n) is 10.2. The first-order chi connectivity index (χ1) is 8.15. The van der Waals surface area contributed by atoms with Crippen LogP contribution in [0, 0.1) is 13.8 Å². The summed E-state index contributed by atoms with van der Waals surface area (Å²) in [6.45, 7) is 4.80. The second-order valence-corrected chi connectivity index (χ2v) is 4.36. The van der Waals surface area contributed by atoms with Crippen LogP contribution in [-0.4, -0.2) is 5.11 Å². The van der Waals surface area contributed by atoms with Gasteiger partial charge >= 0.3 is 0 Å². The van der Waals surface area contributed by atoms with Crippen molar-refractivity contribution in [2.24, 2.45) is 0 Å². The fraction of sp³-hybridized carbons (Fsp3) is 0.200. The van der Waals surface area contributed by atoms with E-state index in [1.807, 2.05) is 19.1 Å². The highest BCUT2D eigenvalue weighted by molar-refractivity contribution is 5.57. The zero-order chi connectivity index (χ0) is 12.3. The molecule has 0 unspecified atom stereocenters. The number of aromatic hydroxyl groups is 1. The Balaban J connectivity index is 2.07. The molecule has 2 N–H and O–H groups in total. The van der Waals surface area contributed by atoms with E-state index in [0.717, 1.165) is 17.8 Å². The summed E-state index contributed by atoms with van der Waals surface area (Å²) < 4.78 is 0. The van der Waals surface area contributed by atoms with Crippen molar-refractivity contribution in [3.05, 3.63) is 59.2 Å². The predicted molar refractivity (Wildman–Crippen MR) is 71.3 cm³/mol. The van der Waals surface area contributed by atoms with Crippen molar-refractivity contribution in [3.63, 3.8) is 0 Å². The Kier molecular flexibility index (Phi) is 3.33. The summed E-state index contributed by atoms with van der Waals surface area (Å²) in [7, 11) is 0. The van der Waals surface area contributed by atoms with Crippen molar-refractivity contribution >= 4 is 5.69 Å². The molecule has 0 saturated carbocycles. The Morgan fingerprint density at radius 2 is 1.59 bits per heavy atom. The molecule has 0 bridgehead atoms. The molecule has 2 nitrogen and oxygen atoms in total. The topological polar surface area (TPSA) is 32.3 Å². The number of phenolic OH excluding ortho intramolecular Hbond substituents is 1. The standard InChI is InChI=1S/C15H17NO/c1-11-3-6-13(7-4-11)10-16-14-9-12(2)5-8-15(14)17/h3-9,16-17H,10H2,1-2H3. The van der Waals surface area contributed by atoms with E-state index in [1.54, 1.807) is 6.07 Å². The largest absolute Gasteiger partial charge is 0.506 e. The Labute approximate surface area is 102 Å². The smallest absolute Gasteiger partial charge is 0.138 e. The number of hydrogen-bond donors (Lipinski definition) is 2. The third-order valence-corrected chi connectivity index (χ3v) is 2.76. The number of rotatable bonds is 3. The molecule has 88 valence electrons. The lowest BCUT2D eigenvalue weighted by atomic mass is 10.1. The molecule has 0 aliphatic rings. The predicted octanol–water partition coefficient (Wildman–Crippen LogP) is 3.62. The van der Waals surface area contributed by atoms with Crippen molar-refractivity contribution in [1.29, 1.82) is 0 Å². The van der Waals surface area contributed by atoms with E-state index in [1.165, 1.54) is 11.1 Å². The van der Waals surface area contributed by atoms with Crippen molar-refractivity contribution in [2.75, 3.05) is 5.32 Å². The van der Waals surface area contributed by atoms with Gasteiger partial charge in [0, 0.05) is 6.54 Å². The van der Waals surface area contributed by atoms with Gasteiger partial charge in [-0.3, -0.25) is 0 Å². The maximum atomic E-state index is 9.69. The third-order valence-electron chi connectivity index (χ3n) is 2.76. The van der Waals surface area contributed by atoms with Crippen LogP contribution in [0.2, 0.25) is 0 Å². The molecule has 17 heavy (non-hydrogen) atoms. The van der Waals surface area contributed by atoms with Gasteiger partial charge in [-0.15, -0.1) is 0 Å². The minimum atomic E-state index is 0.294. The molecule has 0 amide bonds. The summed E-state index contributed by atoms with van der Waals surface area (Å²) in [5.74, 6) is 0.294. The van der Waals surface area contributed by atoms with Crippen LogP contribution in [-0.2, 0) is 6.54 Å². The minimum absolute atomic E-state index is 0.294. The lowest BCUT2D eigenvalue weighted by Crippen LogP contribution is -1.99. The average Bonchev–Trinajstić information content (AvgIpc) is 2.32. The minimum Gasteiger partial charge on any atom is -0.506 e. The van der Waals surface area contributed by atoms with Gasteiger partial charge in [0.2, 0.25) is 0 Å². The monoisotopic (exact) mass is 227 g/mol. The average molecular weight is 227 g/mol. The molecule has 0 aliphatic heterocycles. The number of phenols is 1. The van der Waals surface area contributed by atoms with Crippen molar-refractivity contribution in [3.8, 4) is 5.75 Å². The third kappa shape index (κ3) is 3.00. The van der Waals surface area contributed by atoms with Crippen LogP contribution in [0.15, 0.2) is 42.5 Å². The summed E-state index contributed by atoms with van der Waals surface area (Å²) in [5.41, 5.74) is 4.38. The van der Waals surface area contributed by atoms with E-state index in [9.17, 15) is 5.11 Å². The highest BCUT2D eigenvalue weighted by Gasteiger charge is 2.00. The highest BCUT2D eigenvalue weighted by atomic mass is 16.3. The fourth-order valence-corrected chi connectivity index (χ4v) is 1.69. The van der Waals surface area contributed by atoms with Gasteiger partial charge < -0.3 is 10.4 Å². The first-order valence-corrected chi connectivity index (χ1v) is 5.74. The Hall–Kier alpha value is -1.96. The molecule has 0 radical (unpaired) electrons. The summed E-state index contributed by atoms with van der Waals surface area (Å²) in [5, 5.41) is 12.9. The second kappa shape index (κ2) is 4.91. The number of anilines is 1. The van der Waals surface area contributed by atoms with Crippen LogP contribution in [0.25, 0.3) is 0 Å². The maximum absolute atomic E-state index is 9.69. The first kappa shape index (κ1) is 11.5. The molecular formula is C15H17NO. The number of benzene rings is 2. The molecule has 0 aliphatic carbocycles. The Bertz CT molecular complexity index is 503. The molecular weight excluding hydrogens is 210 g/mol. The van der Waals surface area contributed by atoms with Crippen molar-refractivity contribution < 1.29 is 5.11 Å². The molecule has 0 saturated heterocycles. The summed E-state index contributed by atoms with van der Waals surface area (Å²) in [6.07, 6.45) is 0. The number of nitrogens with one attached hydrogen (secondary N) is 1. The summed E-state index contributed by atoms with van der Waals surface area (Å²) in [6, 6.07) is 13.9. The normalized spacial score (nSPS) is 10.2. The molecule has 2 aromatic rings. The van der Waals surface area contributed by atoms with Crippen LogP contribution < -0.4 is 5.32 Å². The van der Waals surface area contributed by atoms with Gasteiger partial charge in [0.15, 0.2) is 0 Å². The summed E-state index contributed by atoms with van der Waals surface area (Å²) >= 11 is 0.